The number of hydrogen-bond donors (Lipinski definition) is 1. The Morgan fingerprint density at radius 2 is 2.05 bits per heavy atom. The molecule has 1 saturated carbocycles. The molecule has 4 nitrogen and oxygen atoms in total. The van der Waals surface area contributed by atoms with E-state index in [-0.39, 0.29) is 5.91 Å². The predicted molar refractivity (Wildman–Crippen MR) is 85.7 cm³/mol. The topological polar surface area (TPSA) is 41.6 Å². The minimum Gasteiger partial charge on any atom is -0.497 e. The van der Waals surface area contributed by atoms with Gasteiger partial charge in [-0.1, -0.05) is 13.0 Å². The number of methoxy groups -OCH3 is 1. The fourth-order valence-electron chi connectivity index (χ4n) is 2.94. The number of nitrogens with zero attached hydrogens (tertiary/aromatic N) is 1. The average Bonchev–Trinajstić information content (AvgIpc) is 2.47. The number of benzene rings is 1. The van der Waals surface area contributed by atoms with Crippen LogP contribution in [0.15, 0.2) is 24.3 Å². The highest BCUT2D eigenvalue weighted by Gasteiger charge is 2.22. The molecule has 1 aromatic rings. The fraction of sp³-hybridized carbons (Fsp3) is 0.588. The zero-order valence-corrected chi connectivity index (χ0v) is 13.3. The summed E-state index contributed by atoms with van der Waals surface area (Å²) in [5, 5.41) is 2.93. The molecular formula is C17H26N2O2. The van der Waals surface area contributed by atoms with Crippen molar-refractivity contribution in [2.24, 2.45) is 5.92 Å². The van der Waals surface area contributed by atoms with E-state index < -0.39 is 0 Å². The minimum atomic E-state index is 0.0318. The SMILES string of the molecule is COc1cccc(NC(=O)CN(C)C2CCC(C)CC2)c1. The summed E-state index contributed by atoms with van der Waals surface area (Å²) in [5.74, 6) is 1.62. The second-order valence-corrected chi connectivity index (χ2v) is 6.11. The van der Waals surface area contributed by atoms with Crippen LogP contribution in [0.1, 0.15) is 32.6 Å². The van der Waals surface area contributed by atoms with Gasteiger partial charge in [0.2, 0.25) is 5.91 Å². The standard InChI is InChI=1S/C17H26N2O2/c1-13-7-9-15(10-8-13)19(2)12-17(20)18-14-5-4-6-16(11-14)21-3/h4-6,11,13,15H,7-10,12H2,1-3H3,(H,18,20). The van der Waals surface area contributed by atoms with E-state index in [9.17, 15) is 4.79 Å². The van der Waals surface area contributed by atoms with E-state index in [1.165, 1.54) is 25.7 Å². The van der Waals surface area contributed by atoms with Gasteiger partial charge in [0, 0.05) is 17.8 Å². The van der Waals surface area contributed by atoms with Crippen LogP contribution < -0.4 is 10.1 Å². The fourth-order valence-corrected chi connectivity index (χ4v) is 2.94. The summed E-state index contributed by atoms with van der Waals surface area (Å²) in [6.07, 6.45) is 4.94. The zero-order valence-electron chi connectivity index (χ0n) is 13.3. The highest BCUT2D eigenvalue weighted by Crippen LogP contribution is 2.26. The molecule has 0 spiro atoms. The molecule has 1 aliphatic carbocycles. The highest BCUT2D eigenvalue weighted by molar-refractivity contribution is 5.92. The van der Waals surface area contributed by atoms with E-state index in [1.54, 1.807) is 7.11 Å². The van der Waals surface area contributed by atoms with Gasteiger partial charge in [0.15, 0.2) is 0 Å². The number of amides is 1. The first kappa shape index (κ1) is 15.8. The molecule has 1 aromatic carbocycles. The zero-order chi connectivity index (χ0) is 15.2. The third-order valence-corrected chi connectivity index (χ3v) is 4.36. The summed E-state index contributed by atoms with van der Waals surface area (Å²) in [6, 6.07) is 7.99. The summed E-state index contributed by atoms with van der Waals surface area (Å²) in [5.41, 5.74) is 0.782. The van der Waals surface area contributed by atoms with Crippen molar-refractivity contribution in [3.05, 3.63) is 24.3 Å². The van der Waals surface area contributed by atoms with Crippen molar-refractivity contribution < 1.29 is 9.53 Å². The lowest BCUT2D eigenvalue weighted by Crippen LogP contribution is -2.39. The van der Waals surface area contributed by atoms with Gasteiger partial charge >= 0.3 is 0 Å². The van der Waals surface area contributed by atoms with Gasteiger partial charge in [0.05, 0.1) is 13.7 Å². The van der Waals surface area contributed by atoms with Crippen LogP contribution in [0.4, 0.5) is 5.69 Å². The molecule has 0 unspecified atom stereocenters. The Kier molecular flexibility index (Phi) is 5.62. The Hall–Kier alpha value is -1.55. The molecule has 0 saturated heterocycles. The lowest BCUT2D eigenvalue weighted by Gasteiger charge is -2.33. The molecule has 0 radical (unpaired) electrons. The summed E-state index contributed by atoms with van der Waals surface area (Å²) in [6.45, 7) is 2.75. The Morgan fingerprint density at radius 3 is 2.71 bits per heavy atom. The Morgan fingerprint density at radius 1 is 1.33 bits per heavy atom. The molecule has 2 rings (SSSR count). The van der Waals surface area contributed by atoms with Crippen LogP contribution in [-0.2, 0) is 4.79 Å². The maximum atomic E-state index is 12.1. The monoisotopic (exact) mass is 290 g/mol. The number of rotatable bonds is 5. The number of likely N-dealkylation sites (N-methyl/N-ethyl adjacent to an activating group) is 1. The van der Waals surface area contributed by atoms with Crippen LogP contribution in [0.2, 0.25) is 0 Å². The molecule has 0 atom stereocenters. The first-order valence-electron chi connectivity index (χ1n) is 7.72. The number of carbonyl (C=O) groups is 1. The third-order valence-electron chi connectivity index (χ3n) is 4.36. The molecule has 0 aliphatic heterocycles. The second-order valence-electron chi connectivity index (χ2n) is 6.11. The molecule has 1 fully saturated rings. The maximum absolute atomic E-state index is 12.1. The van der Waals surface area contributed by atoms with E-state index >= 15 is 0 Å². The van der Waals surface area contributed by atoms with Crippen molar-refractivity contribution in [3.8, 4) is 5.75 Å². The molecule has 21 heavy (non-hydrogen) atoms. The molecule has 4 heteroatoms. The van der Waals surface area contributed by atoms with Gasteiger partial charge in [-0.15, -0.1) is 0 Å². The van der Waals surface area contributed by atoms with E-state index in [0.717, 1.165) is 17.4 Å². The quantitative estimate of drug-likeness (QED) is 0.906. The molecule has 0 heterocycles. The van der Waals surface area contributed by atoms with Crippen molar-refractivity contribution in [2.45, 2.75) is 38.6 Å². The lowest BCUT2D eigenvalue weighted by atomic mass is 9.87. The van der Waals surface area contributed by atoms with E-state index in [4.69, 9.17) is 4.74 Å². The molecule has 0 aromatic heterocycles. The van der Waals surface area contributed by atoms with E-state index in [1.807, 2.05) is 31.3 Å². The van der Waals surface area contributed by atoms with E-state index in [2.05, 4.69) is 17.1 Å². The average molecular weight is 290 g/mol. The first-order chi connectivity index (χ1) is 10.1. The normalized spacial score (nSPS) is 22.1. The van der Waals surface area contributed by atoms with Gasteiger partial charge < -0.3 is 10.1 Å². The summed E-state index contributed by atoms with van der Waals surface area (Å²) >= 11 is 0. The maximum Gasteiger partial charge on any atom is 0.238 e. The van der Waals surface area contributed by atoms with E-state index in [0.29, 0.717) is 12.6 Å². The van der Waals surface area contributed by atoms with Gasteiger partial charge in [-0.25, -0.2) is 0 Å². The van der Waals surface area contributed by atoms with Gasteiger partial charge in [-0.2, -0.15) is 0 Å². The van der Waals surface area contributed by atoms with Gasteiger partial charge in [0.1, 0.15) is 5.75 Å². The first-order valence-corrected chi connectivity index (χ1v) is 7.72. The van der Waals surface area contributed by atoms with Crippen molar-refractivity contribution in [3.63, 3.8) is 0 Å². The summed E-state index contributed by atoms with van der Waals surface area (Å²) < 4.78 is 5.16. The number of ether oxygens (including phenoxy) is 1. The predicted octanol–water partition coefficient (Wildman–Crippen LogP) is 3.14. The van der Waals surface area contributed by atoms with Crippen LogP contribution in [0.3, 0.4) is 0 Å². The second kappa shape index (κ2) is 7.46. The van der Waals surface area contributed by atoms with Crippen LogP contribution >= 0.6 is 0 Å². The molecule has 1 aliphatic rings. The van der Waals surface area contributed by atoms with Gasteiger partial charge in [-0.3, -0.25) is 9.69 Å². The third kappa shape index (κ3) is 4.74. The van der Waals surface area contributed by atoms with Crippen LogP contribution in [0.25, 0.3) is 0 Å². The van der Waals surface area contributed by atoms with Crippen LogP contribution in [0.5, 0.6) is 5.75 Å². The molecule has 116 valence electrons. The Labute approximate surface area is 127 Å². The van der Waals surface area contributed by atoms with Crippen LogP contribution in [0, 0.1) is 5.92 Å². The number of hydrogen-bond acceptors (Lipinski definition) is 3. The summed E-state index contributed by atoms with van der Waals surface area (Å²) in [4.78, 5) is 14.3. The number of anilines is 1. The molecule has 1 amide bonds. The minimum absolute atomic E-state index is 0.0318. The highest BCUT2D eigenvalue weighted by atomic mass is 16.5. The summed E-state index contributed by atoms with van der Waals surface area (Å²) in [7, 11) is 3.67. The Balaban J connectivity index is 1.83. The van der Waals surface area contributed by atoms with Crippen LogP contribution in [-0.4, -0.2) is 37.6 Å². The largest absolute Gasteiger partial charge is 0.497 e. The van der Waals surface area contributed by atoms with Gasteiger partial charge in [0.25, 0.3) is 0 Å². The number of nitrogens with one attached hydrogen (secondary N) is 1. The van der Waals surface area contributed by atoms with Crippen molar-refractivity contribution in [2.75, 3.05) is 26.0 Å². The van der Waals surface area contributed by atoms with Crippen molar-refractivity contribution in [1.82, 2.24) is 4.90 Å². The molecule has 1 N–H and O–H groups in total. The van der Waals surface area contributed by atoms with Crippen molar-refractivity contribution in [1.29, 1.82) is 0 Å². The Bertz CT molecular complexity index is 468. The van der Waals surface area contributed by atoms with Crippen molar-refractivity contribution >= 4 is 11.6 Å². The number of carbonyl (C=O) groups excluding carboxylic acids is 1. The molecule has 0 bridgehead atoms. The smallest absolute Gasteiger partial charge is 0.238 e. The molecular weight excluding hydrogens is 264 g/mol. The lowest BCUT2D eigenvalue weighted by molar-refractivity contribution is -0.117. The van der Waals surface area contributed by atoms with Gasteiger partial charge in [-0.05, 0) is 50.8 Å².